The minimum atomic E-state index is 0.166. The standard InChI is InChI=1S/C20H23N5O2/c1-2-27-17-7-5-15(6-8-17)14-19(26)24-12-9-16(10-13-24)25-20-18(22-23-25)4-3-11-21-20/h3-8,11,16H,2,9-10,12-14H2,1H3. The number of benzene rings is 1. The zero-order valence-electron chi connectivity index (χ0n) is 15.4. The van der Waals surface area contributed by atoms with Crippen LogP contribution >= 0.6 is 0 Å². The lowest BCUT2D eigenvalue weighted by Gasteiger charge is -2.32. The number of ether oxygens (including phenoxy) is 1. The molecular weight excluding hydrogens is 342 g/mol. The van der Waals surface area contributed by atoms with Gasteiger partial charge in [-0.2, -0.15) is 0 Å². The van der Waals surface area contributed by atoms with E-state index in [1.165, 1.54) is 0 Å². The van der Waals surface area contributed by atoms with Crippen molar-refractivity contribution in [3.05, 3.63) is 48.2 Å². The minimum absolute atomic E-state index is 0.166. The van der Waals surface area contributed by atoms with Gasteiger partial charge in [-0.05, 0) is 49.6 Å². The summed E-state index contributed by atoms with van der Waals surface area (Å²) in [6, 6.07) is 11.8. The summed E-state index contributed by atoms with van der Waals surface area (Å²) in [5, 5.41) is 8.45. The fourth-order valence-corrected chi connectivity index (χ4v) is 3.54. The van der Waals surface area contributed by atoms with Gasteiger partial charge < -0.3 is 9.64 Å². The van der Waals surface area contributed by atoms with E-state index in [9.17, 15) is 4.79 Å². The number of carbonyl (C=O) groups is 1. The summed E-state index contributed by atoms with van der Waals surface area (Å²) in [4.78, 5) is 19.0. The highest BCUT2D eigenvalue weighted by Gasteiger charge is 2.25. The van der Waals surface area contributed by atoms with Gasteiger partial charge in [0.15, 0.2) is 5.65 Å². The molecule has 0 N–H and O–H groups in total. The van der Waals surface area contributed by atoms with Crippen LogP contribution in [-0.4, -0.2) is 50.5 Å². The van der Waals surface area contributed by atoms with Crippen molar-refractivity contribution in [3.63, 3.8) is 0 Å². The highest BCUT2D eigenvalue weighted by atomic mass is 16.5. The maximum absolute atomic E-state index is 12.6. The fraction of sp³-hybridized carbons (Fsp3) is 0.400. The minimum Gasteiger partial charge on any atom is -0.494 e. The van der Waals surface area contributed by atoms with Crippen LogP contribution in [0, 0.1) is 0 Å². The molecule has 1 fully saturated rings. The van der Waals surface area contributed by atoms with Crippen LogP contribution in [0.5, 0.6) is 5.75 Å². The molecule has 140 valence electrons. The van der Waals surface area contributed by atoms with Crippen LogP contribution in [0.3, 0.4) is 0 Å². The largest absolute Gasteiger partial charge is 0.494 e. The molecule has 0 saturated carbocycles. The molecule has 3 heterocycles. The Bertz CT molecular complexity index is 914. The van der Waals surface area contributed by atoms with E-state index in [1.807, 2.05) is 52.9 Å². The molecule has 3 aromatic rings. The van der Waals surface area contributed by atoms with E-state index in [4.69, 9.17) is 4.74 Å². The summed E-state index contributed by atoms with van der Waals surface area (Å²) in [5.41, 5.74) is 2.64. The molecule has 0 aliphatic carbocycles. The van der Waals surface area contributed by atoms with Gasteiger partial charge in [-0.1, -0.05) is 17.3 Å². The first kappa shape index (κ1) is 17.5. The average Bonchev–Trinajstić information content (AvgIpc) is 3.14. The van der Waals surface area contributed by atoms with Crippen molar-refractivity contribution < 1.29 is 9.53 Å². The van der Waals surface area contributed by atoms with Crippen molar-refractivity contribution in [1.82, 2.24) is 24.9 Å². The number of piperidine rings is 1. The van der Waals surface area contributed by atoms with Crippen LogP contribution in [-0.2, 0) is 11.2 Å². The Hall–Kier alpha value is -2.96. The summed E-state index contributed by atoms with van der Waals surface area (Å²) < 4.78 is 7.35. The number of pyridine rings is 1. The summed E-state index contributed by atoms with van der Waals surface area (Å²) in [7, 11) is 0. The SMILES string of the molecule is CCOc1ccc(CC(=O)N2CCC(n3nnc4cccnc43)CC2)cc1. The molecule has 4 rings (SSSR count). The van der Waals surface area contributed by atoms with Crippen LogP contribution in [0.15, 0.2) is 42.6 Å². The predicted molar refractivity (Wildman–Crippen MR) is 101 cm³/mol. The Balaban J connectivity index is 1.35. The van der Waals surface area contributed by atoms with Crippen LogP contribution in [0.2, 0.25) is 0 Å². The maximum atomic E-state index is 12.6. The predicted octanol–water partition coefficient (Wildman–Crippen LogP) is 2.63. The van der Waals surface area contributed by atoms with Gasteiger partial charge in [0.2, 0.25) is 5.91 Å². The molecule has 1 amide bonds. The number of hydrogen-bond acceptors (Lipinski definition) is 5. The summed E-state index contributed by atoms with van der Waals surface area (Å²) in [5.74, 6) is 1.00. The Labute approximate surface area is 157 Å². The van der Waals surface area contributed by atoms with Gasteiger partial charge in [-0.15, -0.1) is 5.10 Å². The molecule has 7 nitrogen and oxygen atoms in total. The number of amides is 1. The van der Waals surface area contributed by atoms with Crippen molar-refractivity contribution in [1.29, 1.82) is 0 Å². The number of likely N-dealkylation sites (tertiary alicyclic amines) is 1. The van der Waals surface area contributed by atoms with Crippen LogP contribution in [0.25, 0.3) is 11.2 Å². The number of hydrogen-bond donors (Lipinski definition) is 0. The maximum Gasteiger partial charge on any atom is 0.226 e. The zero-order valence-corrected chi connectivity index (χ0v) is 15.4. The second-order valence-corrected chi connectivity index (χ2v) is 6.75. The molecule has 0 bridgehead atoms. The second-order valence-electron chi connectivity index (χ2n) is 6.75. The van der Waals surface area contributed by atoms with E-state index in [1.54, 1.807) is 6.20 Å². The van der Waals surface area contributed by atoms with Crippen LogP contribution in [0.4, 0.5) is 0 Å². The monoisotopic (exact) mass is 365 g/mol. The molecular formula is C20H23N5O2. The zero-order chi connectivity index (χ0) is 18.6. The van der Waals surface area contributed by atoms with Crippen molar-refractivity contribution in [2.45, 2.75) is 32.2 Å². The van der Waals surface area contributed by atoms with Crippen LogP contribution < -0.4 is 4.74 Å². The molecule has 1 aliphatic rings. The molecule has 0 radical (unpaired) electrons. The second kappa shape index (κ2) is 7.73. The number of carbonyl (C=O) groups excluding carboxylic acids is 1. The topological polar surface area (TPSA) is 73.1 Å². The van der Waals surface area contributed by atoms with E-state index in [-0.39, 0.29) is 11.9 Å². The Morgan fingerprint density at radius 2 is 1.96 bits per heavy atom. The quantitative estimate of drug-likeness (QED) is 0.695. The first-order valence-corrected chi connectivity index (χ1v) is 9.40. The third-order valence-corrected chi connectivity index (χ3v) is 4.98. The van der Waals surface area contributed by atoms with Crippen molar-refractivity contribution in [2.75, 3.05) is 19.7 Å². The Morgan fingerprint density at radius 1 is 1.19 bits per heavy atom. The van der Waals surface area contributed by atoms with Gasteiger partial charge in [0, 0.05) is 19.3 Å². The van der Waals surface area contributed by atoms with Crippen molar-refractivity contribution >= 4 is 17.1 Å². The van der Waals surface area contributed by atoms with E-state index < -0.39 is 0 Å². The van der Waals surface area contributed by atoms with Crippen molar-refractivity contribution in [3.8, 4) is 5.75 Å². The molecule has 27 heavy (non-hydrogen) atoms. The first-order chi connectivity index (χ1) is 13.2. The summed E-state index contributed by atoms with van der Waals surface area (Å²) >= 11 is 0. The van der Waals surface area contributed by atoms with E-state index in [2.05, 4.69) is 15.3 Å². The lowest BCUT2D eigenvalue weighted by Crippen LogP contribution is -2.40. The molecule has 1 saturated heterocycles. The number of nitrogens with zero attached hydrogens (tertiary/aromatic N) is 5. The van der Waals surface area contributed by atoms with Crippen molar-refractivity contribution in [2.24, 2.45) is 0 Å². The van der Waals surface area contributed by atoms with Crippen LogP contribution in [0.1, 0.15) is 31.4 Å². The molecule has 1 aromatic carbocycles. The van der Waals surface area contributed by atoms with Gasteiger partial charge in [0.1, 0.15) is 11.3 Å². The van der Waals surface area contributed by atoms with E-state index >= 15 is 0 Å². The van der Waals surface area contributed by atoms with E-state index in [0.29, 0.717) is 13.0 Å². The summed E-state index contributed by atoms with van der Waals surface area (Å²) in [6.45, 7) is 4.06. The fourth-order valence-electron chi connectivity index (χ4n) is 3.54. The Morgan fingerprint density at radius 3 is 2.70 bits per heavy atom. The summed E-state index contributed by atoms with van der Waals surface area (Å²) in [6.07, 6.45) is 3.91. The first-order valence-electron chi connectivity index (χ1n) is 9.40. The van der Waals surface area contributed by atoms with E-state index in [0.717, 1.165) is 48.4 Å². The number of aromatic nitrogens is 4. The van der Waals surface area contributed by atoms with Gasteiger partial charge >= 0.3 is 0 Å². The Kier molecular flexibility index (Phi) is 5.00. The smallest absolute Gasteiger partial charge is 0.226 e. The van der Waals surface area contributed by atoms with Gasteiger partial charge in [0.05, 0.1) is 19.1 Å². The van der Waals surface area contributed by atoms with Gasteiger partial charge in [0.25, 0.3) is 0 Å². The normalized spacial score (nSPS) is 15.2. The molecule has 0 atom stereocenters. The lowest BCUT2D eigenvalue weighted by atomic mass is 10.0. The third kappa shape index (κ3) is 3.77. The average molecular weight is 365 g/mol. The third-order valence-electron chi connectivity index (χ3n) is 4.98. The number of fused-ring (bicyclic) bond motifs is 1. The molecule has 1 aliphatic heterocycles. The molecule has 0 spiro atoms. The van der Waals surface area contributed by atoms with Gasteiger partial charge in [-0.25, -0.2) is 9.67 Å². The highest BCUT2D eigenvalue weighted by Crippen LogP contribution is 2.25. The molecule has 0 unspecified atom stereocenters. The van der Waals surface area contributed by atoms with Gasteiger partial charge in [-0.3, -0.25) is 4.79 Å². The molecule has 2 aromatic heterocycles. The lowest BCUT2D eigenvalue weighted by molar-refractivity contribution is -0.131. The molecule has 7 heteroatoms. The number of rotatable bonds is 5. The highest BCUT2D eigenvalue weighted by molar-refractivity contribution is 5.79.